The Hall–Kier alpha value is -3.15. The van der Waals surface area contributed by atoms with Crippen molar-refractivity contribution in [2.24, 2.45) is 7.05 Å². The number of benzene rings is 1. The van der Waals surface area contributed by atoms with E-state index in [9.17, 15) is 26.4 Å². The number of nitrogens with zero attached hydrogens (tertiary/aromatic N) is 3. The number of imidazole rings is 1. The molecule has 0 aliphatic heterocycles. The van der Waals surface area contributed by atoms with Crippen LogP contribution in [-0.4, -0.2) is 41.6 Å². The van der Waals surface area contributed by atoms with E-state index in [1.807, 2.05) is 4.72 Å². The predicted molar refractivity (Wildman–Crippen MR) is 91.2 cm³/mol. The van der Waals surface area contributed by atoms with Crippen molar-refractivity contribution in [1.82, 2.24) is 19.3 Å². The lowest BCUT2D eigenvalue weighted by Crippen LogP contribution is -2.31. The lowest BCUT2D eigenvalue weighted by atomic mass is 10.3. The fourth-order valence-electron chi connectivity index (χ4n) is 2.24. The molecular formula is C16H13F3N4O4S. The summed E-state index contributed by atoms with van der Waals surface area (Å²) in [6, 6.07) is 7.03. The minimum atomic E-state index is -4.51. The number of fused-ring (bicyclic) bond motifs is 1. The fraction of sp³-hybridized carbons (Fsp3) is 0.188. The minimum absolute atomic E-state index is 0.134. The lowest BCUT2D eigenvalue weighted by Gasteiger charge is -2.10. The van der Waals surface area contributed by atoms with Gasteiger partial charge in [0.1, 0.15) is 17.0 Å². The molecule has 1 amide bonds. The van der Waals surface area contributed by atoms with Crippen LogP contribution < -0.4 is 9.46 Å². The zero-order chi connectivity index (χ0) is 20.5. The molecule has 2 heterocycles. The van der Waals surface area contributed by atoms with Crippen LogP contribution in [0, 0.1) is 0 Å². The highest BCUT2D eigenvalue weighted by Crippen LogP contribution is 2.20. The van der Waals surface area contributed by atoms with Gasteiger partial charge in [0.05, 0.1) is 11.2 Å². The molecule has 0 aliphatic rings. The van der Waals surface area contributed by atoms with Crippen molar-refractivity contribution in [3.63, 3.8) is 0 Å². The number of hydrogen-bond acceptors (Lipinski definition) is 6. The Kier molecular flexibility index (Phi) is 4.98. The number of alkyl halides is 3. The van der Waals surface area contributed by atoms with Crippen molar-refractivity contribution in [1.29, 1.82) is 0 Å². The number of pyridine rings is 1. The van der Waals surface area contributed by atoms with Gasteiger partial charge in [-0.05, 0) is 36.4 Å². The van der Waals surface area contributed by atoms with Crippen molar-refractivity contribution in [3.05, 3.63) is 48.4 Å². The third kappa shape index (κ3) is 4.39. The number of aryl methyl sites for hydroxylation is 1. The monoisotopic (exact) mass is 414 g/mol. The summed E-state index contributed by atoms with van der Waals surface area (Å²) >= 11 is 0. The maximum absolute atomic E-state index is 12.3. The second kappa shape index (κ2) is 7.11. The molecular weight excluding hydrogens is 401 g/mol. The SMILES string of the molecule is Cn1cnc2ccc(C(=O)NS(=O)(=O)c3ccc(OCC(F)(F)F)cc3)nc21. The highest BCUT2D eigenvalue weighted by molar-refractivity contribution is 7.90. The van der Waals surface area contributed by atoms with Crippen LogP contribution in [0.15, 0.2) is 47.6 Å². The van der Waals surface area contributed by atoms with Crippen LogP contribution in [0.2, 0.25) is 0 Å². The first-order valence-corrected chi connectivity index (χ1v) is 9.18. The van der Waals surface area contributed by atoms with Gasteiger partial charge in [0.2, 0.25) is 0 Å². The van der Waals surface area contributed by atoms with Crippen molar-refractivity contribution < 1.29 is 31.1 Å². The number of carbonyl (C=O) groups excluding carboxylic acids is 1. The van der Waals surface area contributed by atoms with Gasteiger partial charge in [0.25, 0.3) is 15.9 Å². The van der Waals surface area contributed by atoms with E-state index in [1.165, 1.54) is 18.5 Å². The zero-order valence-electron chi connectivity index (χ0n) is 14.3. The smallest absolute Gasteiger partial charge is 0.422 e. The molecule has 0 bridgehead atoms. The van der Waals surface area contributed by atoms with Crippen LogP contribution >= 0.6 is 0 Å². The summed E-state index contributed by atoms with van der Waals surface area (Å²) in [4.78, 5) is 20.1. The molecule has 0 saturated carbocycles. The molecule has 3 aromatic rings. The van der Waals surface area contributed by atoms with Crippen molar-refractivity contribution in [2.45, 2.75) is 11.1 Å². The van der Waals surface area contributed by atoms with Gasteiger partial charge in [-0.15, -0.1) is 0 Å². The lowest BCUT2D eigenvalue weighted by molar-refractivity contribution is -0.153. The Morgan fingerprint density at radius 1 is 1.18 bits per heavy atom. The Morgan fingerprint density at radius 3 is 2.50 bits per heavy atom. The number of rotatable bonds is 5. The summed E-state index contributed by atoms with van der Waals surface area (Å²) in [7, 11) is -2.59. The summed E-state index contributed by atoms with van der Waals surface area (Å²) in [6.45, 7) is -1.50. The predicted octanol–water partition coefficient (Wildman–Crippen LogP) is 2.03. The summed E-state index contributed by atoms with van der Waals surface area (Å²) in [5.41, 5.74) is 0.803. The number of nitrogens with one attached hydrogen (secondary N) is 1. The summed E-state index contributed by atoms with van der Waals surface area (Å²) in [6.07, 6.45) is -3.01. The molecule has 28 heavy (non-hydrogen) atoms. The third-order valence-electron chi connectivity index (χ3n) is 3.55. The first-order valence-electron chi connectivity index (χ1n) is 7.70. The van der Waals surface area contributed by atoms with Gasteiger partial charge in [-0.25, -0.2) is 23.1 Å². The topological polar surface area (TPSA) is 103 Å². The second-order valence-electron chi connectivity index (χ2n) is 5.70. The molecule has 148 valence electrons. The average molecular weight is 414 g/mol. The largest absolute Gasteiger partial charge is 0.484 e. The summed E-state index contributed by atoms with van der Waals surface area (Å²) < 4.78 is 69.0. The molecule has 0 saturated heterocycles. The van der Waals surface area contributed by atoms with E-state index >= 15 is 0 Å². The molecule has 1 N–H and O–H groups in total. The van der Waals surface area contributed by atoms with E-state index < -0.39 is 28.7 Å². The van der Waals surface area contributed by atoms with Gasteiger partial charge >= 0.3 is 6.18 Å². The van der Waals surface area contributed by atoms with E-state index in [2.05, 4.69) is 14.7 Å². The molecule has 1 aromatic carbocycles. The second-order valence-corrected chi connectivity index (χ2v) is 7.39. The van der Waals surface area contributed by atoms with E-state index in [0.717, 1.165) is 24.3 Å². The molecule has 8 nitrogen and oxygen atoms in total. The highest BCUT2D eigenvalue weighted by Gasteiger charge is 2.28. The molecule has 2 aromatic heterocycles. The quantitative estimate of drug-likeness (QED) is 0.685. The van der Waals surface area contributed by atoms with E-state index in [1.54, 1.807) is 11.6 Å². The number of sulfonamides is 1. The van der Waals surface area contributed by atoms with Gasteiger partial charge in [0.15, 0.2) is 12.3 Å². The molecule has 0 spiro atoms. The van der Waals surface area contributed by atoms with E-state index in [-0.39, 0.29) is 16.3 Å². The van der Waals surface area contributed by atoms with Gasteiger partial charge < -0.3 is 9.30 Å². The first kappa shape index (κ1) is 19.6. The molecule has 0 fully saturated rings. The Morgan fingerprint density at radius 2 is 1.86 bits per heavy atom. The summed E-state index contributed by atoms with van der Waals surface area (Å²) in [5.74, 6) is -1.12. The van der Waals surface area contributed by atoms with Crippen LogP contribution in [0.25, 0.3) is 11.2 Å². The molecule has 3 rings (SSSR count). The van der Waals surface area contributed by atoms with Crippen LogP contribution in [0.1, 0.15) is 10.5 Å². The van der Waals surface area contributed by atoms with Gasteiger partial charge in [-0.1, -0.05) is 0 Å². The molecule has 12 heteroatoms. The minimum Gasteiger partial charge on any atom is -0.484 e. The standard InChI is InChI=1S/C16H13F3N4O4S/c1-23-9-20-12-6-7-13(21-14(12)23)15(24)22-28(25,26)11-4-2-10(3-5-11)27-8-16(17,18)19/h2-7,9H,8H2,1H3,(H,22,24). The first-order chi connectivity index (χ1) is 13.0. The number of amides is 1. The maximum atomic E-state index is 12.3. The molecule has 0 aliphatic carbocycles. The van der Waals surface area contributed by atoms with Gasteiger partial charge in [-0.3, -0.25) is 4.79 Å². The van der Waals surface area contributed by atoms with Crippen LogP contribution in [0.3, 0.4) is 0 Å². The van der Waals surface area contributed by atoms with E-state index in [0.29, 0.717) is 11.2 Å². The van der Waals surface area contributed by atoms with Crippen molar-refractivity contribution in [3.8, 4) is 5.75 Å². The summed E-state index contributed by atoms with van der Waals surface area (Å²) in [5, 5.41) is 0. The van der Waals surface area contributed by atoms with Gasteiger partial charge in [0, 0.05) is 7.05 Å². The number of aromatic nitrogens is 3. The number of halogens is 3. The number of hydrogen-bond donors (Lipinski definition) is 1. The number of ether oxygens (including phenoxy) is 1. The van der Waals surface area contributed by atoms with Crippen molar-refractivity contribution >= 4 is 27.1 Å². The molecule has 0 atom stereocenters. The van der Waals surface area contributed by atoms with Crippen molar-refractivity contribution in [2.75, 3.05) is 6.61 Å². The van der Waals surface area contributed by atoms with Gasteiger partial charge in [-0.2, -0.15) is 13.2 Å². The van der Waals surface area contributed by atoms with Crippen LogP contribution in [-0.2, 0) is 17.1 Å². The maximum Gasteiger partial charge on any atom is 0.422 e. The Labute approximate surface area is 157 Å². The highest BCUT2D eigenvalue weighted by atomic mass is 32.2. The zero-order valence-corrected chi connectivity index (χ0v) is 15.1. The van der Waals surface area contributed by atoms with Crippen LogP contribution in [0.5, 0.6) is 5.75 Å². The third-order valence-corrected chi connectivity index (χ3v) is 4.90. The normalized spacial score (nSPS) is 12.1. The van der Waals surface area contributed by atoms with E-state index in [4.69, 9.17) is 0 Å². The Balaban J connectivity index is 1.74. The fourth-order valence-corrected chi connectivity index (χ4v) is 3.21. The molecule has 0 radical (unpaired) electrons. The Bertz CT molecular complexity index is 1120. The molecule has 0 unspecified atom stereocenters. The number of carbonyl (C=O) groups is 1. The van der Waals surface area contributed by atoms with Crippen LogP contribution in [0.4, 0.5) is 13.2 Å². The average Bonchev–Trinajstić information content (AvgIpc) is 3.00.